The summed E-state index contributed by atoms with van der Waals surface area (Å²) in [4.78, 5) is 30.0. The molecule has 0 radical (unpaired) electrons. The fraction of sp³-hybridized carbons (Fsp3) is 0.400. The molecule has 0 bridgehead atoms. The molecular weight excluding hydrogens is 290 g/mol. The van der Waals surface area contributed by atoms with E-state index in [0.29, 0.717) is 29.4 Å². The fourth-order valence-corrected chi connectivity index (χ4v) is 2.61. The van der Waals surface area contributed by atoms with Crippen LogP contribution in [0.1, 0.15) is 26.7 Å². The average molecular weight is 308 g/mol. The molecule has 1 fully saturated rings. The number of carbonyl (C=O) groups excluding carboxylic acids is 2. The Hall–Kier alpha value is -1.88. The van der Waals surface area contributed by atoms with E-state index in [2.05, 4.69) is 10.3 Å². The lowest BCUT2D eigenvalue weighted by molar-refractivity contribution is -0.135. The number of hydrogen-bond donors (Lipinski definition) is 1. The van der Waals surface area contributed by atoms with Gasteiger partial charge < -0.3 is 0 Å². The molecule has 0 unspecified atom stereocenters. The van der Waals surface area contributed by atoms with E-state index < -0.39 is 11.4 Å². The predicted octanol–water partition coefficient (Wildman–Crippen LogP) is 3.36. The van der Waals surface area contributed by atoms with Crippen LogP contribution in [0.3, 0.4) is 0 Å². The van der Waals surface area contributed by atoms with Crippen molar-refractivity contribution in [1.29, 1.82) is 0 Å². The molecule has 3 amide bonds. The maximum Gasteiger partial charge on any atom is 0.329 e. The van der Waals surface area contributed by atoms with Crippen molar-refractivity contribution in [2.45, 2.75) is 26.7 Å². The fourth-order valence-electron chi connectivity index (χ4n) is 2.49. The Balaban J connectivity index is 2.49. The SMILES string of the molecule is CCC1(CC)C(=O)N(C)C(=O)NC1=Nc1ccc(Cl)cc1. The molecule has 1 saturated heterocycles. The van der Waals surface area contributed by atoms with Gasteiger partial charge in [0.15, 0.2) is 0 Å². The Kier molecular flexibility index (Phi) is 4.32. The van der Waals surface area contributed by atoms with Crippen molar-refractivity contribution >= 4 is 35.1 Å². The molecule has 6 heteroatoms. The lowest BCUT2D eigenvalue weighted by atomic mass is 9.78. The highest BCUT2D eigenvalue weighted by atomic mass is 35.5. The summed E-state index contributed by atoms with van der Waals surface area (Å²) in [5.74, 6) is 0.187. The van der Waals surface area contributed by atoms with E-state index in [4.69, 9.17) is 11.6 Å². The van der Waals surface area contributed by atoms with E-state index in [1.165, 1.54) is 7.05 Å². The largest absolute Gasteiger partial charge is 0.329 e. The van der Waals surface area contributed by atoms with Crippen molar-refractivity contribution in [1.82, 2.24) is 10.2 Å². The van der Waals surface area contributed by atoms with Crippen LogP contribution >= 0.6 is 11.6 Å². The zero-order valence-corrected chi connectivity index (χ0v) is 13.1. The second-order valence-corrected chi connectivity index (χ2v) is 5.46. The van der Waals surface area contributed by atoms with Gasteiger partial charge in [0.25, 0.3) is 0 Å². The van der Waals surface area contributed by atoms with E-state index in [1.54, 1.807) is 24.3 Å². The van der Waals surface area contributed by atoms with Gasteiger partial charge in [-0.05, 0) is 37.1 Å². The summed E-state index contributed by atoms with van der Waals surface area (Å²) in [6.45, 7) is 3.84. The first-order valence-corrected chi connectivity index (χ1v) is 7.26. The Morgan fingerprint density at radius 1 is 1.19 bits per heavy atom. The van der Waals surface area contributed by atoms with Crippen LogP contribution in [-0.4, -0.2) is 29.7 Å². The Labute approximate surface area is 129 Å². The summed E-state index contributed by atoms with van der Waals surface area (Å²) < 4.78 is 0. The average Bonchev–Trinajstić information content (AvgIpc) is 2.49. The number of hydrogen-bond acceptors (Lipinski definition) is 3. The van der Waals surface area contributed by atoms with Gasteiger partial charge in [-0.1, -0.05) is 25.4 Å². The third-order valence-corrected chi connectivity index (χ3v) is 4.22. The number of nitrogens with zero attached hydrogens (tertiary/aromatic N) is 2. The third kappa shape index (κ3) is 2.65. The molecule has 0 saturated carbocycles. The molecular formula is C15H18ClN3O2. The van der Waals surface area contributed by atoms with Gasteiger partial charge in [0.05, 0.1) is 5.69 Å². The van der Waals surface area contributed by atoms with E-state index in [9.17, 15) is 9.59 Å². The first-order valence-electron chi connectivity index (χ1n) is 6.88. The van der Waals surface area contributed by atoms with Gasteiger partial charge >= 0.3 is 6.03 Å². The number of halogens is 1. The molecule has 5 nitrogen and oxygen atoms in total. The van der Waals surface area contributed by atoms with Gasteiger partial charge in [0.1, 0.15) is 11.3 Å². The maximum absolute atomic E-state index is 12.5. The topological polar surface area (TPSA) is 61.8 Å². The minimum atomic E-state index is -0.789. The van der Waals surface area contributed by atoms with Crippen LogP contribution in [0.25, 0.3) is 0 Å². The highest BCUT2D eigenvalue weighted by Crippen LogP contribution is 2.34. The van der Waals surface area contributed by atoms with E-state index >= 15 is 0 Å². The minimum absolute atomic E-state index is 0.219. The quantitative estimate of drug-likeness (QED) is 0.930. The van der Waals surface area contributed by atoms with Gasteiger partial charge in [-0.25, -0.2) is 9.79 Å². The Morgan fingerprint density at radius 2 is 1.76 bits per heavy atom. The van der Waals surface area contributed by atoms with Gasteiger partial charge in [-0.15, -0.1) is 0 Å². The second kappa shape index (κ2) is 5.85. The predicted molar refractivity (Wildman–Crippen MR) is 82.9 cm³/mol. The van der Waals surface area contributed by atoms with Crippen LogP contribution in [0.2, 0.25) is 5.02 Å². The molecule has 21 heavy (non-hydrogen) atoms. The number of urea groups is 1. The highest BCUT2D eigenvalue weighted by Gasteiger charge is 2.48. The van der Waals surface area contributed by atoms with Crippen molar-refractivity contribution in [3.63, 3.8) is 0 Å². The number of imide groups is 1. The molecule has 0 spiro atoms. The number of amidine groups is 1. The summed E-state index contributed by atoms with van der Waals surface area (Å²) in [5, 5.41) is 3.35. The van der Waals surface area contributed by atoms with Gasteiger partial charge in [-0.3, -0.25) is 15.0 Å². The number of nitrogens with one attached hydrogen (secondary N) is 1. The normalized spacial score (nSPS) is 19.8. The zero-order chi connectivity index (χ0) is 15.6. The van der Waals surface area contributed by atoms with Crippen LogP contribution < -0.4 is 5.32 Å². The van der Waals surface area contributed by atoms with Crippen molar-refractivity contribution in [2.75, 3.05) is 7.05 Å². The van der Waals surface area contributed by atoms with Crippen LogP contribution in [0.4, 0.5) is 10.5 Å². The third-order valence-electron chi connectivity index (χ3n) is 3.97. The van der Waals surface area contributed by atoms with Crippen LogP contribution in [-0.2, 0) is 4.79 Å². The van der Waals surface area contributed by atoms with Crippen LogP contribution in [0.5, 0.6) is 0 Å². The van der Waals surface area contributed by atoms with Gasteiger partial charge in [0, 0.05) is 12.1 Å². The Morgan fingerprint density at radius 3 is 2.29 bits per heavy atom. The summed E-state index contributed by atoms with van der Waals surface area (Å²) in [6.07, 6.45) is 1.14. The summed E-state index contributed by atoms with van der Waals surface area (Å²) in [7, 11) is 1.48. The molecule has 1 aromatic rings. The van der Waals surface area contributed by atoms with Crippen LogP contribution in [0, 0.1) is 5.41 Å². The molecule has 1 aliphatic rings. The number of amides is 3. The lowest BCUT2D eigenvalue weighted by Crippen LogP contribution is -2.62. The molecule has 0 aliphatic carbocycles. The number of aliphatic imine (C=N–C) groups is 1. The summed E-state index contributed by atoms with van der Waals surface area (Å²) >= 11 is 5.85. The molecule has 112 valence electrons. The summed E-state index contributed by atoms with van der Waals surface area (Å²) in [5.41, 5.74) is -0.138. The highest BCUT2D eigenvalue weighted by molar-refractivity contribution is 6.30. The standard InChI is InChI=1S/C15H18ClN3O2/c1-4-15(5-2)12(18-14(21)19(3)13(15)20)17-11-8-6-10(16)7-9-11/h6-9H,4-5H2,1-3H3,(H,17,18,21). The van der Waals surface area contributed by atoms with E-state index in [-0.39, 0.29) is 5.91 Å². The molecule has 1 N–H and O–H groups in total. The minimum Gasteiger partial charge on any atom is -0.294 e. The first kappa shape index (κ1) is 15.5. The Bertz CT molecular complexity index is 591. The first-order chi connectivity index (χ1) is 9.94. The second-order valence-electron chi connectivity index (χ2n) is 5.02. The smallest absolute Gasteiger partial charge is 0.294 e. The summed E-state index contributed by atoms with van der Waals surface area (Å²) in [6, 6.07) is 6.49. The molecule has 1 heterocycles. The molecule has 1 aliphatic heterocycles. The van der Waals surface area contributed by atoms with Crippen molar-refractivity contribution < 1.29 is 9.59 Å². The van der Waals surface area contributed by atoms with Gasteiger partial charge in [-0.2, -0.15) is 0 Å². The molecule has 0 atom stereocenters. The van der Waals surface area contributed by atoms with Crippen LogP contribution in [0.15, 0.2) is 29.3 Å². The number of carbonyl (C=O) groups is 2. The van der Waals surface area contributed by atoms with Crippen molar-refractivity contribution in [2.24, 2.45) is 10.4 Å². The maximum atomic E-state index is 12.5. The monoisotopic (exact) mass is 307 g/mol. The van der Waals surface area contributed by atoms with E-state index in [1.807, 2.05) is 13.8 Å². The van der Waals surface area contributed by atoms with Crippen molar-refractivity contribution in [3.05, 3.63) is 29.3 Å². The molecule has 1 aromatic carbocycles. The number of rotatable bonds is 3. The van der Waals surface area contributed by atoms with E-state index in [0.717, 1.165) is 4.90 Å². The van der Waals surface area contributed by atoms with Gasteiger partial charge in [0.2, 0.25) is 5.91 Å². The molecule has 0 aromatic heterocycles. The lowest BCUT2D eigenvalue weighted by Gasteiger charge is -2.39. The zero-order valence-electron chi connectivity index (χ0n) is 12.3. The van der Waals surface area contributed by atoms with Crippen molar-refractivity contribution in [3.8, 4) is 0 Å². The number of benzene rings is 1. The molecule has 2 rings (SSSR count).